The van der Waals surface area contributed by atoms with Crippen LogP contribution in [0.1, 0.15) is 28.7 Å². The largest absolute Gasteiger partial charge is 0.374 e. The lowest BCUT2D eigenvalue weighted by atomic mass is 10.00. The van der Waals surface area contributed by atoms with E-state index in [1.54, 1.807) is 24.3 Å². The first-order valence-corrected chi connectivity index (χ1v) is 15.6. The SMILES string of the molecule is Cc1ccc(S(=O)(=O)N[C@H]2C[C@@H](OCc3ccccc3)[C@@H](OCc3ccccc3)[C@@H](COCc3ccccc3)O2)cc1. The van der Waals surface area contributed by atoms with E-state index in [1.807, 2.05) is 97.9 Å². The molecule has 4 atom stereocenters. The maximum Gasteiger partial charge on any atom is 0.242 e. The molecule has 4 aromatic rings. The van der Waals surface area contributed by atoms with Gasteiger partial charge in [0.15, 0.2) is 0 Å². The van der Waals surface area contributed by atoms with Crippen LogP contribution in [0.4, 0.5) is 0 Å². The Labute approximate surface area is 248 Å². The average molecular weight is 588 g/mol. The summed E-state index contributed by atoms with van der Waals surface area (Å²) in [4.78, 5) is 0.179. The van der Waals surface area contributed by atoms with E-state index in [9.17, 15) is 8.42 Å². The number of sulfonamides is 1. The molecule has 0 spiro atoms. The van der Waals surface area contributed by atoms with E-state index in [2.05, 4.69) is 4.72 Å². The summed E-state index contributed by atoms with van der Waals surface area (Å²) < 4.78 is 54.7. The molecular weight excluding hydrogens is 550 g/mol. The Hall–Kier alpha value is -3.37. The van der Waals surface area contributed by atoms with Crippen molar-refractivity contribution in [1.29, 1.82) is 0 Å². The van der Waals surface area contributed by atoms with E-state index in [0.717, 1.165) is 22.3 Å². The minimum Gasteiger partial charge on any atom is -0.374 e. The summed E-state index contributed by atoms with van der Waals surface area (Å²) >= 11 is 0. The zero-order valence-corrected chi connectivity index (χ0v) is 24.5. The van der Waals surface area contributed by atoms with Gasteiger partial charge in [-0.1, -0.05) is 109 Å². The molecule has 220 valence electrons. The highest BCUT2D eigenvalue weighted by atomic mass is 32.2. The number of benzene rings is 4. The van der Waals surface area contributed by atoms with Crippen LogP contribution in [-0.2, 0) is 48.8 Å². The van der Waals surface area contributed by atoms with Gasteiger partial charge in [-0.15, -0.1) is 0 Å². The molecule has 1 saturated heterocycles. The Morgan fingerprint density at radius 1 is 0.714 bits per heavy atom. The fourth-order valence-electron chi connectivity index (χ4n) is 4.89. The van der Waals surface area contributed by atoms with Crippen molar-refractivity contribution in [3.05, 3.63) is 138 Å². The van der Waals surface area contributed by atoms with Crippen molar-refractivity contribution in [1.82, 2.24) is 4.72 Å². The second-order valence-electron chi connectivity index (χ2n) is 10.4. The van der Waals surface area contributed by atoms with Gasteiger partial charge in [-0.05, 0) is 35.7 Å². The van der Waals surface area contributed by atoms with Crippen LogP contribution in [0, 0.1) is 6.92 Å². The van der Waals surface area contributed by atoms with E-state index in [1.165, 1.54) is 0 Å². The Balaban J connectivity index is 1.36. The molecule has 0 aliphatic carbocycles. The van der Waals surface area contributed by atoms with Crippen LogP contribution in [0.2, 0.25) is 0 Å². The highest BCUT2D eigenvalue weighted by molar-refractivity contribution is 7.89. The molecule has 0 amide bonds. The molecular formula is C34H37NO6S. The number of aryl methyl sites for hydroxylation is 1. The second kappa shape index (κ2) is 14.7. The lowest BCUT2D eigenvalue weighted by Crippen LogP contribution is -2.56. The third kappa shape index (κ3) is 8.58. The van der Waals surface area contributed by atoms with E-state index in [4.69, 9.17) is 18.9 Å². The van der Waals surface area contributed by atoms with Crippen molar-refractivity contribution in [2.45, 2.75) is 62.6 Å². The van der Waals surface area contributed by atoms with E-state index in [0.29, 0.717) is 19.8 Å². The number of hydrogen-bond donors (Lipinski definition) is 1. The van der Waals surface area contributed by atoms with Gasteiger partial charge in [0.2, 0.25) is 10.0 Å². The molecule has 4 aromatic carbocycles. The highest BCUT2D eigenvalue weighted by Crippen LogP contribution is 2.28. The zero-order chi connectivity index (χ0) is 29.2. The Morgan fingerprint density at radius 3 is 1.81 bits per heavy atom. The van der Waals surface area contributed by atoms with Gasteiger partial charge >= 0.3 is 0 Å². The number of rotatable bonds is 13. The molecule has 0 radical (unpaired) electrons. The first-order chi connectivity index (χ1) is 20.5. The molecule has 1 heterocycles. The third-order valence-corrected chi connectivity index (χ3v) is 8.59. The summed E-state index contributed by atoms with van der Waals surface area (Å²) in [6.07, 6.45) is -2.10. The minimum atomic E-state index is -3.84. The zero-order valence-electron chi connectivity index (χ0n) is 23.7. The third-order valence-electron chi connectivity index (χ3n) is 7.12. The molecule has 5 rings (SSSR count). The van der Waals surface area contributed by atoms with E-state index in [-0.39, 0.29) is 17.9 Å². The van der Waals surface area contributed by atoms with Gasteiger partial charge in [-0.2, -0.15) is 4.72 Å². The van der Waals surface area contributed by atoms with Gasteiger partial charge in [0.1, 0.15) is 18.4 Å². The van der Waals surface area contributed by atoms with Gasteiger partial charge in [0.05, 0.1) is 37.4 Å². The summed E-state index contributed by atoms with van der Waals surface area (Å²) in [7, 11) is -3.84. The fraction of sp³-hybridized carbons (Fsp3) is 0.294. The molecule has 1 fully saturated rings. The quantitative estimate of drug-likeness (QED) is 0.214. The maximum atomic E-state index is 13.3. The summed E-state index contributed by atoms with van der Waals surface area (Å²) in [6, 6.07) is 36.4. The topological polar surface area (TPSA) is 83.1 Å². The summed E-state index contributed by atoms with van der Waals surface area (Å²) in [5.74, 6) is 0. The Bertz CT molecular complexity index is 1470. The van der Waals surface area contributed by atoms with E-state index >= 15 is 0 Å². The highest BCUT2D eigenvalue weighted by Gasteiger charge is 2.42. The molecule has 0 saturated carbocycles. The van der Waals surface area contributed by atoms with Crippen molar-refractivity contribution in [2.24, 2.45) is 0 Å². The van der Waals surface area contributed by atoms with Crippen LogP contribution < -0.4 is 4.72 Å². The first-order valence-electron chi connectivity index (χ1n) is 14.1. The molecule has 0 unspecified atom stereocenters. The maximum absolute atomic E-state index is 13.3. The molecule has 1 aliphatic rings. The van der Waals surface area contributed by atoms with Crippen molar-refractivity contribution < 1.29 is 27.4 Å². The van der Waals surface area contributed by atoms with Crippen molar-refractivity contribution >= 4 is 10.0 Å². The molecule has 7 nitrogen and oxygen atoms in total. The smallest absolute Gasteiger partial charge is 0.242 e. The van der Waals surface area contributed by atoms with Gasteiger partial charge in [-0.3, -0.25) is 0 Å². The average Bonchev–Trinajstić information content (AvgIpc) is 3.01. The molecule has 0 bridgehead atoms. The summed E-state index contributed by atoms with van der Waals surface area (Å²) in [5.41, 5.74) is 4.04. The molecule has 42 heavy (non-hydrogen) atoms. The van der Waals surface area contributed by atoms with Gasteiger partial charge < -0.3 is 18.9 Å². The predicted octanol–water partition coefficient (Wildman–Crippen LogP) is 5.78. The van der Waals surface area contributed by atoms with Crippen molar-refractivity contribution in [2.75, 3.05) is 6.61 Å². The van der Waals surface area contributed by atoms with Gasteiger partial charge in [-0.25, -0.2) is 8.42 Å². The van der Waals surface area contributed by atoms with Crippen LogP contribution in [0.5, 0.6) is 0 Å². The standard InChI is InChI=1S/C34H37NO6S/c1-26-17-19-30(20-18-26)42(36,37)35-33-21-31(39-23-28-13-7-3-8-14-28)34(40-24-29-15-9-4-10-16-29)32(41-33)25-38-22-27-11-5-2-6-12-27/h2-20,31-35H,21-25H2,1H3/t31-,32-,33-,34-/m1/s1. The number of nitrogens with one attached hydrogen (secondary N) is 1. The Kier molecular flexibility index (Phi) is 10.5. The van der Waals surface area contributed by atoms with Gasteiger partial charge in [0.25, 0.3) is 0 Å². The van der Waals surface area contributed by atoms with E-state index < -0.39 is 34.6 Å². The van der Waals surface area contributed by atoms with Crippen LogP contribution in [0.15, 0.2) is 120 Å². The molecule has 1 aliphatic heterocycles. The van der Waals surface area contributed by atoms with Crippen molar-refractivity contribution in [3.63, 3.8) is 0 Å². The predicted molar refractivity (Wildman–Crippen MR) is 161 cm³/mol. The lowest BCUT2D eigenvalue weighted by molar-refractivity contribution is -0.222. The van der Waals surface area contributed by atoms with Crippen molar-refractivity contribution in [3.8, 4) is 0 Å². The normalized spacial score (nSPS) is 20.8. The summed E-state index contributed by atoms with van der Waals surface area (Å²) in [6.45, 7) is 3.21. The Morgan fingerprint density at radius 2 is 1.24 bits per heavy atom. The second-order valence-corrected chi connectivity index (χ2v) is 12.1. The monoisotopic (exact) mass is 587 g/mol. The molecule has 1 N–H and O–H groups in total. The van der Waals surface area contributed by atoms with Gasteiger partial charge in [0, 0.05) is 6.42 Å². The molecule has 8 heteroatoms. The fourth-order valence-corrected chi connectivity index (χ4v) is 6.01. The number of ether oxygens (including phenoxy) is 4. The van der Waals surface area contributed by atoms with Crippen LogP contribution >= 0.6 is 0 Å². The number of hydrogen-bond acceptors (Lipinski definition) is 6. The lowest BCUT2D eigenvalue weighted by Gasteiger charge is -2.41. The van der Waals surface area contributed by atoms with Crippen LogP contribution in [0.25, 0.3) is 0 Å². The molecule has 0 aromatic heterocycles. The van der Waals surface area contributed by atoms with Crippen LogP contribution in [-0.4, -0.2) is 39.6 Å². The summed E-state index contributed by atoms with van der Waals surface area (Å²) in [5, 5.41) is 0. The first kappa shape index (κ1) is 30.1. The minimum absolute atomic E-state index is 0.179. The van der Waals surface area contributed by atoms with Crippen LogP contribution in [0.3, 0.4) is 0 Å².